The van der Waals surface area contributed by atoms with Crippen molar-refractivity contribution in [1.82, 2.24) is 14.7 Å². The maximum absolute atomic E-state index is 12.9. The fourth-order valence-corrected chi connectivity index (χ4v) is 2.80. The van der Waals surface area contributed by atoms with Gasteiger partial charge in [-0.2, -0.15) is 5.10 Å². The van der Waals surface area contributed by atoms with E-state index < -0.39 is 17.4 Å². The van der Waals surface area contributed by atoms with Gasteiger partial charge in [-0.3, -0.25) is 14.3 Å². The standard InChI is InChI=1S/C17H20N4O3/c1-11-12(10-21(4)19-11)9-20(3)16(23)17(2)15(22)18-13-7-5-6-8-14(13)24-17/h5-8,10H,9H2,1-4H3,(H,18,22). The smallest absolute Gasteiger partial charge is 0.278 e. The van der Waals surface area contributed by atoms with Gasteiger partial charge < -0.3 is 15.0 Å². The lowest BCUT2D eigenvalue weighted by Crippen LogP contribution is -2.58. The van der Waals surface area contributed by atoms with E-state index in [-0.39, 0.29) is 0 Å². The van der Waals surface area contributed by atoms with E-state index in [2.05, 4.69) is 10.4 Å². The highest BCUT2D eigenvalue weighted by Crippen LogP contribution is 2.34. The second kappa shape index (κ2) is 5.67. The number of para-hydroxylation sites is 2. The molecule has 2 aromatic rings. The minimum Gasteiger partial charge on any atom is -0.466 e. The molecular formula is C17H20N4O3. The third-order valence-electron chi connectivity index (χ3n) is 4.16. The summed E-state index contributed by atoms with van der Waals surface area (Å²) >= 11 is 0. The molecule has 24 heavy (non-hydrogen) atoms. The third-order valence-corrected chi connectivity index (χ3v) is 4.16. The van der Waals surface area contributed by atoms with Crippen LogP contribution in [0.5, 0.6) is 5.75 Å². The van der Waals surface area contributed by atoms with Gasteiger partial charge in [0.1, 0.15) is 5.75 Å². The number of carbonyl (C=O) groups excluding carboxylic acids is 2. The molecule has 1 aromatic carbocycles. The number of carbonyl (C=O) groups is 2. The molecule has 7 nitrogen and oxygen atoms in total. The van der Waals surface area contributed by atoms with Crippen LogP contribution in [0.2, 0.25) is 0 Å². The predicted octanol–water partition coefficient (Wildman–Crippen LogP) is 1.48. The van der Waals surface area contributed by atoms with Gasteiger partial charge in [0, 0.05) is 32.4 Å². The zero-order valence-electron chi connectivity index (χ0n) is 14.2. The van der Waals surface area contributed by atoms with Crippen LogP contribution in [0.3, 0.4) is 0 Å². The molecule has 0 aliphatic carbocycles. The first-order valence-electron chi connectivity index (χ1n) is 7.65. The third kappa shape index (κ3) is 2.62. The molecule has 2 heterocycles. The Kier molecular flexibility index (Phi) is 3.79. The van der Waals surface area contributed by atoms with Gasteiger partial charge in [0.15, 0.2) is 0 Å². The Morgan fingerprint density at radius 1 is 1.42 bits per heavy atom. The number of hydrogen-bond acceptors (Lipinski definition) is 4. The van der Waals surface area contributed by atoms with Gasteiger partial charge in [-0.25, -0.2) is 0 Å². The van der Waals surface area contributed by atoms with Gasteiger partial charge in [0.2, 0.25) is 0 Å². The van der Waals surface area contributed by atoms with Crippen LogP contribution in [0.15, 0.2) is 30.5 Å². The molecule has 1 aromatic heterocycles. The molecule has 0 spiro atoms. The number of fused-ring (bicyclic) bond motifs is 1. The number of amides is 2. The van der Waals surface area contributed by atoms with E-state index in [4.69, 9.17) is 4.74 Å². The molecule has 3 rings (SSSR count). The van der Waals surface area contributed by atoms with Gasteiger partial charge in [0.25, 0.3) is 17.4 Å². The molecular weight excluding hydrogens is 308 g/mol. The molecule has 0 saturated carbocycles. The van der Waals surface area contributed by atoms with Crippen molar-refractivity contribution in [3.8, 4) is 5.75 Å². The highest BCUT2D eigenvalue weighted by Gasteiger charge is 2.48. The summed E-state index contributed by atoms with van der Waals surface area (Å²) in [7, 11) is 3.48. The number of aryl methyl sites for hydroxylation is 2. The normalized spacial score (nSPS) is 19.2. The number of anilines is 1. The van der Waals surface area contributed by atoms with Crippen molar-refractivity contribution < 1.29 is 14.3 Å². The second-order valence-corrected chi connectivity index (χ2v) is 6.16. The largest absolute Gasteiger partial charge is 0.466 e. The molecule has 1 aliphatic rings. The van der Waals surface area contributed by atoms with Crippen molar-refractivity contribution in [2.24, 2.45) is 7.05 Å². The quantitative estimate of drug-likeness (QED) is 0.866. The number of benzene rings is 1. The highest BCUT2D eigenvalue weighted by molar-refractivity contribution is 6.15. The molecule has 1 unspecified atom stereocenters. The molecule has 0 fully saturated rings. The minimum absolute atomic E-state index is 0.354. The zero-order valence-corrected chi connectivity index (χ0v) is 14.2. The molecule has 0 bridgehead atoms. The van der Waals surface area contributed by atoms with E-state index in [1.54, 1.807) is 36.0 Å². The second-order valence-electron chi connectivity index (χ2n) is 6.16. The predicted molar refractivity (Wildman–Crippen MR) is 88.5 cm³/mol. The molecule has 0 radical (unpaired) electrons. The molecule has 126 valence electrons. The fourth-order valence-electron chi connectivity index (χ4n) is 2.80. The summed E-state index contributed by atoms with van der Waals surface area (Å²) in [6, 6.07) is 7.06. The lowest BCUT2D eigenvalue weighted by atomic mass is 10.0. The number of nitrogens with one attached hydrogen (secondary N) is 1. The Hall–Kier alpha value is -2.83. The Morgan fingerprint density at radius 2 is 2.12 bits per heavy atom. The van der Waals surface area contributed by atoms with Crippen molar-refractivity contribution in [3.63, 3.8) is 0 Å². The minimum atomic E-state index is -1.60. The van der Waals surface area contributed by atoms with Crippen LogP contribution in [0.25, 0.3) is 0 Å². The van der Waals surface area contributed by atoms with E-state index in [1.165, 1.54) is 11.8 Å². The van der Waals surface area contributed by atoms with Crippen LogP contribution in [-0.4, -0.2) is 39.1 Å². The van der Waals surface area contributed by atoms with Gasteiger partial charge in [-0.05, 0) is 26.0 Å². The topological polar surface area (TPSA) is 76.5 Å². The number of nitrogens with zero attached hydrogens (tertiary/aromatic N) is 3. The number of aromatic nitrogens is 2. The molecule has 0 saturated heterocycles. The summed E-state index contributed by atoms with van der Waals surface area (Å²) in [5.74, 6) is -0.391. The van der Waals surface area contributed by atoms with Crippen molar-refractivity contribution >= 4 is 17.5 Å². The maximum atomic E-state index is 12.9. The van der Waals surface area contributed by atoms with Crippen LogP contribution in [0.1, 0.15) is 18.2 Å². The highest BCUT2D eigenvalue weighted by atomic mass is 16.5. The first-order chi connectivity index (χ1) is 11.3. The van der Waals surface area contributed by atoms with Crippen molar-refractivity contribution in [3.05, 3.63) is 41.7 Å². The average Bonchev–Trinajstić information content (AvgIpc) is 2.85. The summed E-state index contributed by atoms with van der Waals surface area (Å²) in [5.41, 5.74) is 0.743. The number of rotatable bonds is 3. The van der Waals surface area contributed by atoms with Gasteiger partial charge in [-0.1, -0.05) is 12.1 Å². The average molecular weight is 328 g/mol. The van der Waals surface area contributed by atoms with E-state index >= 15 is 0 Å². The summed E-state index contributed by atoms with van der Waals surface area (Å²) in [5, 5.41) is 7.00. The SMILES string of the molecule is Cc1nn(C)cc1CN(C)C(=O)C1(C)Oc2ccccc2NC1=O. The van der Waals surface area contributed by atoms with E-state index in [0.717, 1.165) is 11.3 Å². The lowest BCUT2D eigenvalue weighted by Gasteiger charge is -2.35. The molecule has 1 N–H and O–H groups in total. The van der Waals surface area contributed by atoms with Crippen molar-refractivity contribution in [1.29, 1.82) is 0 Å². The first-order valence-corrected chi connectivity index (χ1v) is 7.65. The van der Waals surface area contributed by atoms with Gasteiger partial charge >= 0.3 is 0 Å². The maximum Gasteiger partial charge on any atom is 0.278 e. The summed E-state index contributed by atoms with van der Waals surface area (Å²) in [4.78, 5) is 26.8. The Balaban J connectivity index is 1.83. The molecule has 7 heteroatoms. The monoisotopic (exact) mass is 328 g/mol. The lowest BCUT2D eigenvalue weighted by molar-refractivity contribution is -0.154. The van der Waals surface area contributed by atoms with Gasteiger partial charge in [-0.15, -0.1) is 0 Å². The first kappa shape index (κ1) is 16.0. The van der Waals surface area contributed by atoms with Crippen LogP contribution >= 0.6 is 0 Å². The van der Waals surface area contributed by atoms with Crippen LogP contribution in [0.4, 0.5) is 5.69 Å². The van der Waals surface area contributed by atoms with Gasteiger partial charge in [0.05, 0.1) is 11.4 Å². The van der Waals surface area contributed by atoms with Crippen LogP contribution in [-0.2, 0) is 23.2 Å². The van der Waals surface area contributed by atoms with E-state index in [0.29, 0.717) is 18.0 Å². The molecule has 2 amide bonds. The van der Waals surface area contributed by atoms with Crippen LogP contribution < -0.4 is 10.1 Å². The number of hydrogen-bond donors (Lipinski definition) is 1. The van der Waals surface area contributed by atoms with E-state index in [9.17, 15) is 9.59 Å². The fraction of sp³-hybridized carbons (Fsp3) is 0.353. The Morgan fingerprint density at radius 3 is 2.79 bits per heavy atom. The summed E-state index contributed by atoms with van der Waals surface area (Å²) < 4.78 is 7.46. The molecule has 1 aliphatic heterocycles. The Labute approximate surface area is 140 Å². The Bertz CT molecular complexity index is 814. The van der Waals surface area contributed by atoms with Crippen molar-refractivity contribution in [2.75, 3.05) is 12.4 Å². The molecule has 1 atom stereocenters. The van der Waals surface area contributed by atoms with Crippen molar-refractivity contribution in [2.45, 2.75) is 26.0 Å². The number of ether oxygens (including phenoxy) is 1. The van der Waals surface area contributed by atoms with E-state index in [1.807, 2.05) is 20.2 Å². The zero-order chi connectivity index (χ0) is 17.5. The summed E-state index contributed by atoms with van der Waals surface area (Å²) in [6.45, 7) is 3.73. The van der Waals surface area contributed by atoms with Crippen LogP contribution in [0, 0.1) is 6.92 Å². The number of likely N-dealkylation sites (N-methyl/N-ethyl adjacent to an activating group) is 1. The summed E-state index contributed by atoms with van der Waals surface area (Å²) in [6.07, 6.45) is 1.86.